The van der Waals surface area contributed by atoms with E-state index < -0.39 is 0 Å². The zero-order valence-electron chi connectivity index (χ0n) is 11.5. The number of hydrogen-bond acceptors (Lipinski definition) is 4. The summed E-state index contributed by atoms with van der Waals surface area (Å²) < 4.78 is 0. The number of rotatable bonds is 6. The van der Waals surface area contributed by atoms with Gasteiger partial charge in [0.1, 0.15) is 0 Å². The van der Waals surface area contributed by atoms with Crippen LogP contribution >= 0.6 is 23.4 Å². The second-order valence-corrected chi connectivity index (χ2v) is 5.88. The van der Waals surface area contributed by atoms with Crippen molar-refractivity contribution in [2.75, 3.05) is 6.54 Å². The molecule has 0 aromatic heterocycles. The van der Waals surface area contributed by atoms with E-state index in [1.165, 1.54) is 17.8 Å². The third-order valence-corrected chi connectivity index (χ3v) is 4.29. The van der Waals surface area contributed by atoms with Gasteiger partial charge in [-0.05, 0) is 36.4 Å². The molecule has 0 unspecified atom stereocenters. The molecule has 6 heteroatoms. The number of halogens is 1. The Hall–Kier alpha value is -1.56. The fourth-order valence-electron chi connectivity index (χ4n) is 1.86. The van der Waals surface area contributed by atoms with Gasteiger partial charge in [0.05, 0.1) is 9.82 Å². The Bertz CT molecular complexity index is 649. The minimum absolute atomic E-state index is 0.117. The van der Waals surface area contributed by atoms with E-state index in [9.17, 15) is 10.1 Å². The summed E-state index contributed by atoms with van der Waals surface area (Å²) in [4.78, 5) is 12.3. The Morgan fingerprint density at radius 3 is 2.71 bits per heavy atom. The highest BCUT2D eigenvalue weighted by Gasteiger charge is 2.15. The van der Waals surface area contributed by atoms with Crippen molar-refractivity contribution in [2.24, 2.45) is 0 Å². The minimum atomic E-state index is -0.359. The Morgan fingerprint density at radius 1 is 1.24 bits per heavy atom. The van der Waals surface area contributed by atoms with Crippen LogP contribution in [0.3, 0.4) is 0 Å². The number of nitrogens with one attached hydrogen (secondary N) is 1. The standard InChI is InChI=1S/C15H15ClN2O2S/c1-2-17-10-11-9-12(16)7-8-14(11)21-15-6-4-3-5-13(15)18(19)20/h3-9,17H,2,10H2,1H3. The van der Waals surface area contributed by atoms with Gasteiger partial charge in [0.2, 0.25) is 0 Å². The van der Waals surface area contributed by atoms with E-state index in [1.54, 1.807) is 24.3 Å². The zero-order chi connectivity index (χ0) is 15.2. The predicted molar refractivity (Wildman–Crippen MR) is 86.1 cm³/mol. The summed E-state index contributed by atoms with van der Waals surface area (Å²) in [5.41, 5.74) is 1.15. The molecular weight excluding hydrogens is 308 g/mol. The van der Waals surface area contributed by atoms with Crippen molar-refractivity contribution in [3.05, 3.63) is 63.2 Å². The van der Waals surface area contributed by atoms with E-state index in [1.807, 2.05) is 19.1 Å². The molecule has 0 atom stereocenters. The molecule has 110 valence electrons. The molecule has 0 heterocycles. The lowest BCUT2D eigenvalue weighted by molar-refractivity contribution is -0.387. The van der Waals surface area contributed by atoms with Crippen molar-refractivity contribution in [1.82, 2.24) is 5.32 Å². The van der Waals surface area contributed by atoms with Crippen molar-refractivity contribution in [3.63, 3.8) is 0 Å². The van der Waals surface area contributed by atoms with E-state index >= 15 is 0 Å². The lowest BCUT2D eigenvalue weighted by Gasteiger charge is -2.10. The molecular formula is C15H15ClN2O2S. The summed E-state index contributed by atoms with van der Waals surface area (Å²) in [6.07, 6.45) is 0. The van der Waals surface area contributed by atoms with Crippen LogP contribution in [-0.2, 0) is 6.54 Å². The van der Waals surface area contributed by atoms with E-state index in [0.29, 0.717) is 16.5 Å². The molecule has 4 nitrogen and oxygen atoms in total. The molecule has 0 fully saturated rings. The molecule has 21 heavy (non-hydrogen) atoms. The Kier molecular flexibility index (Phi) is 5.61. The van der Waals surface area contributed by atoms with E-state index in [2.05, 4.69) is 5.32 Å². The van der Waals surface area contributed by atoms with Gasteiger partial charge < -0.3 is 5.32 Å². The smallest absolute Gasteiger partial charge is 0.283 e. The summed E-state index contributed by atoms with van der Waals surface area (Å²) in [6.45, 7) is 3.56. The van der Waals surface area contributed by atoms with Gasteiger partial charge in [0.25, 0.3) is 5.69 Å². The van der Waals surface area contributed by atoms with Crippen molar-refractivity contribution in [3.8, 4) is 0 Å². The van der Waals surface area contributed by atoms with Gasteiger partial charge in [0.15, 0.2) is 0 Å². The van der Waals surface area contributed by atoms with Crippen molar-refractivity contribution < 1.29 is 4.92 Å². The van der Waals surface area contributed by atoms with Gasteiger partial charge >= 0.3 is 0 Å². The quantitative estimate of drug-likeness (QED) is 0.628. The molecule has 0 aliphatic heterocycles. The van der Waals surface area contributed by atoms with Gasteiger partial charge in [-0.25, -0.2) is 0 Å². The Labute approximate surface area is 132 Å². The number of nitro benzene ring substituents is 1. The first kappa shape index (κ1) is 15.8. The van der Waals surface area contributed by atoms with Gasteiger partial charge in [-0.15, -0.1) is 0 Å². The average Bonchev–Trinajstić information content (AvgIpc) is 2.47. The zero-order valence-corrected chi connectivity index (χ0v) is 13.1. The van der Waals surface area contributed by atoms with Crippen molar-refractivity contribution >= 4 is 29.1 Å². The number of benzene rings is 2. The van der Waals surface area contributed by atoms with Gasteiger partial charge in [-0.1, -0.05) is 42.4 Å². The van der Waals surface area contributed by atoms with E-state index in [-0.39, 0.29) is 10.6 Å². The first-order valence-electron chi connectivity index (χ1n) is 6.52. The molecule has 2 rings (SSSR count). The summed E-state index contributed by atoms with van der Waals surface area (Å²) in [6, 6.07) is 12.3. The average molecular weight is 323 g/mol. The van der Waals surface area contributed by atoms with E-state index in [4.69, 9.17) is 11.6 Å². The number of nitro groups is 1. The topological polar surface area (TPSA) is 55.2 Å². The minimum Gasteiger partial charge on any atom is -0.313 e. The molecule has 0 saturated carbocycles. The summed E-state index contributed by atoms with van der Waals surface area (Å²) in [7, 11) is 0. The molecule has 0 amide bonds. The van der Waals surface area contributed by atoms with Gasteiger partial charge in [0, 0.05) is 22.5 Å². The van der Waals surface area contributed by atoms with Crippen LogP contribution in [0.1, 0.15) is 12.5 Å². The second-order valence-electron chi connectivity index (χ2n) is 4.36. The monoisotopic (exact) mass is 322 g/mol. The number of nitrogens with zero attached hydrogens (tertiary/aromatic N) is 1. The van der Waals surface area contributed by atoms with Crippen LogP contribution in [0.25, 0.3) is 0 Å². The lowest BCUT2D eigenvalue weighted by Crippen LogP contribution is -2.12. The van der Waals surface area contributed by atoms with E-state index in [0.717, 1.165) is 17.0 Å². The third kappa shape index (κ3) is 4.20. The molecule has 1 N–H and O–H groups in total. The fraction of sp³-hybridized carbons (Fsp3) is 0.200. The van der Waals surface area contributed by atoms with Crippen molar-refractivity contribution in [1.29, 1.82) is 0 Å². The summed E-state index contributed by atoms with van der Waals surface area (Å²) in [5.74, 6) is 0. The van der Waals surface area contributed by atoms with Crippen LogP contribution in [0, 0.1) is 10.1 Å². The SMILES string of the molecule is CCNCc1cc(Cl)ccc1Sc1ccccc1[N+](=O)[O-]. The van der Waals surface area contributed by atoms with Gasteiger partial charge in [-0.3, -0.25) is 10.1 Å². The lowest BCUT2D eigenvalue weighted by atomic mass is 10.2. The molecule has 0 saturated heterocycles. The second kappa shape index (κ2) is 7.45. The maximum atomic E-state index is 11.1. The third-order valence-electron chi connectivity index (χ3n) is 2.87. The molecule has 2 aromatic rings. The van der Waals surface area contributed by atoms with Crippen LogP contribution in [0.2, 0.25) is 5.02 Å². The highest BCUT2D eigenvalue weighted by molar-refractivity contribution is 7.99. The Balaban J connectivity index is 2.33. The van der Waals surface area contributed by atoms with Gasteiger partial charge in [-0.2, -0.15) is 0 Å². The largest absolute Gasteiger partial charge is 0.313 e. The molecule has 2 aromatic carbocycles. The maximum Gasteiger partial charge on any atom is 0.283 e. The molecule has 0 aliphatic carbocycles. The van der Waals surface area contributed by atoms with Crippen LogP contribution in [0.15, 0.2) is 52.3 Å². The van der Waals surface area contributed by atoms with Crippen LogP contribution in [-0.4, -0.2) is 11.5 Å². The molecule has 0 spiro atoms. The molecule has 0 bridgehead atoms. The summed E-state index contributed by atoms with van der Waals surface area (Å²) in [5, 5.41) is 15.0. The van der Waals surface area contributed by atoms with Crippen LogP contribution < -0.4 is 5.32 Å². The maximum absolute atomic E-state index is 11.1. The fourth-order valence-corrected chi connectivity index (χ4v) is 3.08. The van der Waals surface area contributed by atoms with Crippen LogP contribution in [0.4, 0.5) is 5.69 Å². The first-order valence-corrected chi connectivity index (χ1v) is 7.71. The normalized spacial score (nSPS) is 10.6. The predicted octanol–water partition coefficient (Wildman–Crippen LogP) is 4.51. The number of hydrogen-bond donors (Lipinski definition) is 1. The Morgan fingerprint density at radius 2 is 2.00 bits per heavy atom. The number of para-hydroxylation sites is 1. The highest BCUT2D eigenvalue weighted by Crippen LogP contribution is 2.37. The van der Waals surface area contributed by atoms with Crippen LogP contribution in [0.5, 0.6) is 0 Å². The highest BCUT2D eigenvalue weighted by atomic mass is 35.5. The first-order chi connectivity index (χ1) is 10.1. The molecule has 0 radical (unpaired) electrons. The summed E-state index contributed by atoms with van der Waals surface area (Å²) >= 11 is 7.42. The van der Waals surface area contributed by atoms with Crippen molar-refractivity contribution in [2.45, 2.75) is 23.3 Å². The molecule has 0 aliphatic rings.